The number of benzene rings is 1. The third kappa shape index (κ3) is 4.34. The van der Waals surface area contributed by atoms with Crippen LogP contribution in [0.3, 0.4) is 0 Å². The van der Waals surface area contributed by atoms with Crippen LogP contribution in [0, 0.1) is 0 Å². The summed E-state index contributed by atoms with van der Waals surface area (Å²) in [5.74, 6) is 0. The van der Waals surface area contributed by atoms with Crippen LogP contribution < -0.4 is 0 Å². The fourth-order valence-electron chi connectivity index (χ4n) is 1.93. The summed E-state index contributed by atoms with van der Waals surface area (Å²) >= 11 is 1.88. The first-order valence-corrected chi connectivity index (χ1v) is 10.4. The first-order chi connectivity index (χ1) is 8.03. The number of hydrogen-bond donors (Lipinski definition) is 0. The predicted molar refractivity (Wildman–Crippen MR) is 77.8 cm³/mol. The van der Waals surface area contributed by atoms with Gasteiger partial charge in [-0.15, -0.1) is 0 Å². The third-order valence-electron chi connectivity index (χ3n) is 2.54. The molecule has 92 valence electrons. The fourth-order valence-corrected chi connectivity index (χ4v) is 4.06. The van der Waals surface area contributed by atoms with Crippen molar-refractivity contribution in [2.75, 3.05) is 0 Å². The molecule has 0 spiro atoms. The SMILES string of the molecule is C[Si](C)(C)OC1C=C(Sc2ccccc2)CC1. The lowest BCUT2D eigenvalue weighted by atomic mass is 10.3. The summed E-state index contributed by atoms with van der Waals surface area (Å²) in [4.78, 5) is 2.78. The Morgan fingerprint density at radius 3 is 2.53 bits per heavy atom. The van der Waals surface area contributed by atoms with Crippen molar-refractivity contribution < 1.29 is 4.43 Å². The molecule has 1 atom stereocenters. The van der Waals surface area contributed by atoms with Gasteiger partial charge in [-0.3, -0.25) is 0 Å². The molecule has 0 radical (unpaired) electrons. The first kappa shape index (κ1) is 12.9. The summed E-state index contributed by atoms with van der Waals surface area (Å²) in [5, 5.41) is 0. The summed E-state index contributed by atoms with van der Waals surface area (Å²) in [5.41, 5.74) is 0. The lowest BCUT2D eigenvalue weighted by Crippen LogP contribution is -2.30. The van der Waals surface area contributed by atoms with Crippen LogP contribution in [0.25, 0.3) is 0 Å². The molecule has 0 N–H and O–H groups in total. The van der Waals surface area contributed by atoms with E-state index in [0.29, 0.717) is 6.10 Å². The second-order valence-corrected chi connectivity index (χ2v) is 11.0. The number of thioether (sulfide) groups is 1. The molecule has 0 bridgehead atoms. The van der Waals surface area contributed by atoms with E-state index in [-0.39, 0.29) is 0 Å². The molecule has 0 aromatic heterocycles. The summed E-state index contributed by atoms with van der Waals surface area (Å²) in [6, 6.07) is 10.6. The van der Waals surface area contributed by atoms with Gasteiger partial charge < -0.3 is 4.43 Å². The molecule has 0 amide bonds. The molecular formula is C14H20OSSi. The minimum atomic E-state index is -1.40. The van der Waals surface area contributed by atoms with Crippen LogP contribution in [0.1, 0.15) is 12.8 Å². The molecule has 1 aromatic rings. The van der Waals surface area contributed by atoms with Crippen molar-refractivity contribution in [1.82, 2.24) is 0 Å². The average Bonchev–Trinajstić information content (AvgIpc) is 2.64. The largest absolute Gasteiger partial charge is 0.411 e. The van der Waals surface area contributed by atoms with Crippen LogP contribution in [-0.4, -0.2) is 14.4 Å². The molecule has 0 heterocycles. The van der Waals surface area contributed by atoms with Gasteiger partial charge in [0.2, 0.25) is 0 Å². The fraction of sp³-hybridized carbons (Fsp3) is 0.429. The van der Waals surface area contributed by atoms with Crippen LogP contribution >= 0.6 is 11.8 Å². The maximum atomic E-state index is 6.12. The van der Waals surface area contributed by atoms with Gasteiger partial charge in [0.25, 0.3) is 0 Å². The Kier molecular flexibility index (Phi) is 4.12. The van der Waals surface area contributed by atoms with E-state index in [2.05, 4.69) is 56.0 Å². The Morgan fingerprint density at radius 1 is 1.18 bits per heavy atom. The van der Waals surface area contributed by atoms with Crippen molar-refractivity contribution in [2.24, 2.45) is 0 Å². The van der Waals surface area contributed by atoms with Gasteiger partial charge in [0, 0.05) is 4.90 Å². The molecule has 1 aromatic carbocycles. The van der Waals surface area contributed by atoms with E-state index in [9.17, 15) is 0 Å². The molecule has 0 fully saturated rings. The summed E-state index contributed by atoms with van der Waals surface area (Å²) in [7, 11) is -1.40. The van der Waals surface area contributed by atoms with E-state index >= 15 is 0 Å². The van der Waals surface area contributed by atoms with E-state index in [1.807, 2.05) is 11.8 Å². The molecule has 1 nitrogen and oxygen atoms in total. The smallest absolute Gasteiger partial charge is 0.184 e. The Bertz CT molecular complexity index is 394. The zero-order chi connectivity index (χ0) is 12.3. The summed E-state index contributed by atoms with van der Waals surface area (Å²) in [6.07, 6.45) is 4.98. The summed E-state index contributed by atoms with van der Waals surface area (Å²) in [6.45, 7) is 6.76. The molecule has 3 heteroatoms. The van der Waals surface area contributed by atoms with Crippen LogP contribution in [0.4, 0.5) is 0 Å². The van der Waals surface area contributed by atoms with E-state index in [0.717, 1.165) is 12.8 Å². The topological polar surface area (TPSA) is 9.23 Å². The zero-order valence-electron chi connectivity index (χ0n) is 10.8. The average molecular weight is 264 g/mol. The molecule has 1 aliphatic rings. The van der Waals surface area contributed by atoms with Gasteiger partial charge in [-0.1, -0.05) is 30.0 Å². The third-order valence-corrected chi connectivity index (χ3v) is 4.66. The molecule has 2 rings (SSSR count). The van der Waals surface area contributed by atoms with Crippen molar-refractivity contribution in [3.05, 3.63) is 41.3 Å². The molecule has 0 saturated carbocycles. The number of hydrogen-bond acceptors (Lipinski definition) is 2. The lowest BCUT2D eigenvalue weighted by molar-refractivity contribution is 0.241. The van der Waals surface area contributed by atoms with Crippen LogP contribution in [0.2, 0.25) is 19.6 Å². The van der Waals surface area contributed by atoms with Crippen LogP contribution in [0.15, 0.2) is 46.2 Å². The monoisotopic (exact) mass is 264 g/mol. The zero-order valence-corrected chi connectivity index (χ0v) is 12.6. The molecule has 0 aliphatic heterocycles. The predicted octanol–water partition coefficient (Wildman–Crippen LogP) is 4.68. The van der Waals surface area contributed by atoms with Crippen molar-refractivity contribution in [3.63, 3.8) is 0 Å². The van der Waals surface area contributed by atoms with Gasteiger partial charge in [0.1, 0.15) is 0 Å². The van der Waals surface area contributed by atoms with Crippen molar-refractivity contribution in [2.45, 2.75) is 43.5 Å². The van der Waals surface area contributed by atoms with Crippen molar-refractivity contribution in [3.8, 4) is 0 Å². The Hall–Kier alpha value is -0.513. The van der Waals surface area contributed by atoms with Gasteiger partial charge in [0.15, 0.2) is 8.32 Å². The highest BCUT2D eigenvalue weighted by Crippen LogP contribution is 2.35. The lowest BCUT2D eigenvalue weighted by Gasteiger charge is -2.21. The highest BCUT2D eigenvalue weighted by atomic mass is 32.2. The van der Waals surface area contributed by atoms with Gasteiger partial charge in [-0.2, -0.15) is 0 Å². The van der Waals surface area contributed by atoms with Crippen molar-refractivity contribution in [1.29, 1.82) is 0 Å². The Labute approximate surface area is 109 Å². The second kappa shape index (κ2) is 5.42. The highest BCUT2D eigenvalue weighted by Gasteiger charge is 2.23. The Balaban J connectivity index is 1.94. The number of allylic oxidation sites excluding steroid dienone is 1. The maximum Gasteiger partial charge on any atom is 0.184 e. The van der Waals surface area contributed by atoms with E-state index < -0.39 is 8.32 Å². The van der Waals surface area contributed by atoms with Gasteiger partial charge in [-0.05, 0) is 55.6 Å². The minimum absolute atomic E-state index is 0.355. The normalized spacial score (nSPS) is 20.4. The maximum absolute atomic E-state index is 6.12. The highest BCUT2D eigenvalue weighted by molar-refractivity contribution is 8.03. The van der Waals surface area contributed by atoms with E-state index in [1.165, 1.54) is 9.80 Å². The van der Waals surface area contributed by atoms with E-state index in [4.69, 9.17) is 4.43 Å². The number of rotatable bonds is 4. The van der Waals surface area contributed by atoms with Gasteiger partial charge >= 0.3 is 0 Å². The van der Waals surface area contributed by atoms with Crippen LogP contribution in [0.5, 0.6) is 0 Å². The minimum Gasteiger partial charge on any atom is -0.411 e. The molecule has 17 heavy (non-hydrogen) atoms. The first-order valence-electron chi connectivity index (χ1n) is 6.14. The Morgan fingerprint density at radius 2 is 1.88 bits per heavy atom. The van der Waals surface area contributed by atoms with Gasteiger partial charge in [-0.25, -0.2) is 0 Å². The molecule has 0 saturated heterocycles. The molecule has 1 unspecified atom stereocenters. The molecule has 1 aliphatic carbocycles. The quantitative estimate of drug-likeness (QED) is 0.730. The summed E-state index contributed by atoms with van der Waals surface area (Å²) < 4.78 is 6.12. The van der Waals surface area contributed by atoms with Gasteiger partial charge in [0.05, 0.1) is 6.10 Å². The standard InChI is InChI=1S/C14H20OSSi/c1-17(2,3)15-12-9-10-14(11-12)16-13-7-5-4-6-8-13/h4-8,11-12H,9-10H2,1-3H3. The van der Waals surface area contributed by atoms with Crippen molar-refractivity contribution >= 4 is 20.1 Å². The van der Waals surface area contributed by atoms with Crippen LogP contribution in [-0.2, 0) is 4.43 Å². The molecular weight excluding hydrogens is 244 g/mol. The second-order valence-electron chi connectivity index (χ2n) is 5.36. The van der Waals surface area contributed by atoms with E-state index in [1.54, 1.807) is 0 Å².